The number of allylic oxidation sites excluding steroid dienone is 1. The molecule has 9 heteroatoms. The molecule has 1 aliphatic heterocycles. The molecule has 1 aliphatic carbocycles. The van der Waals surface area contributed by atoms with Crippen molar-refractivity contribution in [2.24, 2.45) is 4.99 Å². The van der Waals surface area contributed by atoms with Gasteiger partial charge in [-0.3, -0.25) is 4.99 Å². The molecule has 0 aromatic heterocycles. The van der Waals surface area contributed by atoms with Crippen LogP contribution in [0.3, 0.4) is 0 Å². The van der Waals surface area contributed by atoms with Gasteiger partial charge in [-0.25, -0.2) is 0 Å². The van der Waals surface area contributed by atoms with Gasteiger partial charge in [0.05, 0.1) is 6.61 Å². The standard InChI is InChI=1S/C15H23NO8/c1-16-5-4-7-2-3-8(18)10(19)14(7)24-15-13(22)12(21)11(20)9(6-17)23-15/h2-5,8-15,17-22H,6H2,1H3/b7-4-,16-5+/t8-,9-,10+,11-,12+,13-,14+,15+/m1/s1. The maximum absolute atomic E-state index is 10.2. The summed E-state index contributed by atoms with van der Waals surface area (Å²) in [6.07, 6.45) is -4.88. The quantitative estimate of drug-likeness (QED) is 0.297. The van der Waals surface area contributed by atoms with E-state index in [4.69, 9.17) is 9.47 Å². The van der Waals surface area contributed by atoms with Crippen LogP contribution in [0.5, 0.6) is 0 Å². The van der Waals surface area contributed by atoms with Crippen LogP contribution in [-0.2, 0) is 9.47 Å². The lowest BCUT2D eigenvalue weighted by atomic mass is 9.93. The Balaban J connectivity index is 2.21. The Hall–Kier alpha value is -1.17. The van der Waals surface area contributed by atoms with Gasteiger partial charge in [-0.15, -0.1) is 0 Å². The lowest BCUT2D eigenvalue weighted by molar-refractivity contribution is -0.314. The van der Waals surface area contributed by atoms with Gasteiger partial charge >= 0.3 is 0 Å². The Kier molecular flexibility index (Phi) is 6.61. The number of aliphatic hydroxyl groups is 6. The minimum atomic E-state index is -1.60. The number of ether oxygens (including phenoxy) is 2. The van der Waals surface area contributed by atoms with E-state index >= 15 is 0 Å². The van der Waals surface area contributed by atoms with Gasteiger partial charge in [0.1, 0.15) is 42.7 Å². The van der Waals surface area contributed by atoms with Gasteiger partial charge in [0.15, 0.2) is 6.29 Å². The van der Waals surface area contributed by atoms with E-state index in [0.717, 1.165) is 0 Å². The summed E-state index contributed by atoms with van der Waals surface area (Å²) in [6, 6.07) is 0. The first-order valence-corrected chi connectivity index (χ1v) is 7.53. The summed E-state index contributed by atoms with van der Waals surface area (Å²) in [6.45, 7) is -0.592. The van der Waals surface area contributed by atoms with Gasteiger partial charge < -0.3 is 40.1 Å². The van der Waals surface area contributed by atoms with Crippen molar-refractivity contribution in [1.82, 2.24) is 0 Å². The second kappa shape index (κ2) is 8.28. The van der Waals surface area contributed by atoms with E-state index in [9.17, 15) is 30.6 Å². The minimum Gasteiger partial charge on any atom is -0.394 e. The molecule has 0 amide bonds. The summed E-state index contributed by atoms with van der Waals surface area (Å²) in [5.41, 5.74) is 0.468. The van der Waals surface area contributed by atoms with Crippen molar-refractivity contribution in [3.05, 3.63) is 23.8 Å². The molecule has 0 saturated carbocycles. The van der Waals surface area contributed by atoms with Crippen molar-refractivity contribution in [1.29, 1.82) is 0 Å². The van der Waals surface area contributed by atoms with Crippen molar-refractivity contribution in [3.8, 4) is 0 Å². The fourth-order valence-corrected chi connectivity index (χ4v) is 2.59. The molecule has 1 saturated heterocycles. The van der Waals surface area contributed by atoms with E-state index < -0.39 is 55.6 Å². The number of hydrogen-bond acceptors (Lipinski definition) is 9. The third-order valence-electron chi connectivity index (χ3n) is 4.02. The topological polar surface area (TPSA) is 152 Å². The maximum atomic E-state index is 10.2. The fraction of sp³-hybridized carbons (Fsp3) is 0.667. The molecule has 0 aromatic rings. The zero-order valence-electron chi connectivity index (χ0n) is 13.1. The molecule has 0 radical (unpaired) electrons. The number of aliphatic imine (C=N–C) groups is 1. The average molecular weight is 345 g/mol. The van der Waals surface area contributed by atoms with Crippen LogP contribution in [0.2, 0.25) is 0 Å². The third-order valence-corrected chi connectivity index (χ3v) is 4.02. The smallest absolute Gasteiger partial charge is 0.187 e. The molecular formula is C15H23NO8. The van der Waals surface area contributed by atoms with E-state index in [1.54, 1.807) is 13.1 Å². The van der Waals surface area contributed by atoms with E-state index in [0.29, 0.717) is 5.57 Å². The molecule has 2 rings (SSSR count). The molecule has 6 N–H and O–H groups in total. The van der Waals surface area contributed by atoms with Crippen LogP contribution in [0.25, 0.3) is 0 Å². The highest BCUT2D eigenvalue weighted by atomic mass is 16.7. The van der Waals surface area contributed by atoms with Gasteiger partial charge in [-0.2, -0.15) is 0 Å². The number of hydrogen-bond donors (Lipinski definition) is 6. The first-order chi connectivity index (χ1) is 11.4. The molecule has 1 heterocycles. The van der Waals surface area contributed by atoms with E-state index in [2.05, 4.69) is 4.99 Å². The Morgan fingerprint density at radius 3 is 2.46 bits per heavy atom. The summed E-state index contributed by atoms with van der Waals surface area (Å²) in [7, 11) is 1.56. The Morgan fingerprint density at radius 2 is 1.83 bits per heavy atom. The van der Waals surface area contributed by atoms with Crippen LogP contribution in [0, 0.1) is 0 Å². The van der Waals surface area contributed by atoms with Crippen LogP contribution in [-0.4, -0.2) is 99.5 Å². The summed E-state index contributed by atoms with van der Waals surface area (Å²) < 4.78 is 10.8. The number of nitrogens with zero attached hydrogens (tertiary/aromatic N) is 1. The van der Waals surface area contributed by atoms with Crippen molar-refractivity contribution >= 4 is 6.21 Å². The Bertz CT molecular complexity index is 506. The van der Waals surface area contributed by atoms with Crippen molar-refractivity contribution < 1.29 is 40.1 Å². The maximum Gasteiger partial charge on any atom is 0.187 e. The van der Waals surface area contributed by atoms with Gasteiger partial charge in [-0.1, -0.05) is 12.2 Å². The highest BCUT2D eigenvalue weighted by Gasteiger charge is 2.46. The molecule has 1 fully saturated rings. The Morgan fingerprint density at radius 1 is 1.12 bits per heavy atom. The molecule has 24 heavy (non-hydrogen) atoms. The molecule has 0 spiro atoms. The van der Waals surface area contributed by atoms with Crippen molar-refractivity contribution in [2.75, 3.05) is 13.7 Å². The molecular weight excluding hydrogens is 322 g/mol. The molecule has 136 valence electrons. The monoisotopic (exact) mass is 345 g/mol. The zero-order chi connectivity index (χ0) is 17.9. The molecule has 0 unspecified atom stereocenters. The van der Waals surface area contributed by atoms with E-state index in [1.807, 2.05) is 0 Å². The van der Waals surface area contributed by atoms with Gasteiger partial charge in [0.25, 0.3) is 0 Å². The summed E-state index contributed by atoms with van der Waals surface area (Å²) in [5.74, 6) is 0. The van der Waals surface area contributed by atoms with Crippen molar-refractivity contribution in [3.63, 3.8) is 0 Å². The first kappa shape index (κ1) is 19.2. The molecule has 0 bridgehead atoms. The highest BCUT2D eigenvalue weighted by Crippen LogP contribution is 2.28. The largest absolute Gasteiger partial charge is 0.394 e. The van der Waals surface area contributed by atoms with Crippen LogP contribution in [0.15, 0.2) is 28.8 Å². The summed E-state index contributed by atoms with van der Waals surface area (Å²) >= 11 is 0. The highest BCUT2D eigenvalue weighted by molar-refractivity contribution is 5.73. The van der Waals surface area contributed by atoms with Crippen LogP contribution >= 0.6 is 0 Å². The second-order valence-electron chi connectivity index (χ2n) is 5.67. The molecule has 2 aliphatic rings. The van der Waals surface area contributed by atoms with Gasteiger partial charge in [0.2, 0.25) is 0 Å². The first-order valence-electron chi connectivity index (χ1n) is 7.53. The lowest BCUT2D eigenvalue weighted by Gasteiger charge is -2.42. The fourth-order valence-electron chi connectivity index (χ4n) is 2.59. The molecule has 9 nitrogen and oxygen atoms in total. The van der Waals surface area contributed by atoms with Crippen LogP contribution in [0.1, 0.15) is 0 Å². The van der Waals surface area contributed by atoms with Gasteiger partial charge in [0, 0.05) is 13.3 Å². The van der Waals surface area contributed by atoms with E-state index in [-0.39, 0.29) is 0 Å². The SMILES string of the molecule is C/N=C/C=C1/C=C[C@@H](O)[C@H](O)[C@H]1O[C@@H]1O[C@H](CO)[C@@H](O)[C@H](O)[C@H]1O. The average Bonchev–Trinajstić information content (AvgIpc) is 2.58. The second-order valence-corrected chi connectivity index (χ2v) is 5.67. The third kappa shape index (κ3) is 3.90. The van der Waals surface area contributed by atoms with E-state index in [1.165, 1.54) is 18.4 Å². The molecule has 0 aromatic carbocycles. The predicted molar refractivity (Wildman–Crippen MR) is 82.3 cm³/mol. The summed E-state index contributed by atoms with van der Waals surface area (Å²) in [5, 5.41) is 58.7. The summed E-state index contributed by atoms with van der Waals surface area (Å²) in [4.78, 5) is 3.80. The number of aliphatic hydroxyl groups excluding tert-OH is 6. The minimum absolute atomic E-state index is 0.468. The number of rotatable bonds is 4. The predicted octanol–water partition coefficient (Wildman–Crippen LogP) is -2.91. The van der Waals surface area contributed by atoms with Crippen LogP contribution < -0.4 is 0 Å². The Labute approximate surface area is 138 Å². The van der Waals surface area contributed by atoms with Crippen molar-refractivity contribution in [2.45, 2.75) is 49.0 Å². The molecule has 8 atom stereocenters. The van der Waals surface area contributed by atoms with Gasteiger partial charge in [-0.05, 0) is 11.6 Å². The normalized spacial score (nSPS) is 45.2. The zero-order valence-corrected chi connectivity index (χ0v) is 13.1. The van der Waals surface area contributed by atoms with Crippen LogP contribution in [0.4, 0.5) is 0 Å². The lowest BCUT2D eigenvalue weighted by Crippen LogP contribution is -2.60.